The van der Waals surface area contributed by atoms with E-state index in [1.54, 1.807) is 12.1 Å². The van der Waals surface area contributed by atoms with Crippen LogP contribution in [0.4, 0.5) is 17.1 Å². The summed E-state index contributed by atoms with van der Waals surface area (Å²) in [5.41, 5.74) is 0.0940. The first-order chi connectivity index (χ1) is 13.7. The molecule has 156 valence electrons. The maximum atomic E-state index is 12.5. The van der Waals surface area contributed by atoms with Crippen molar-refractivity contribution in [3.63, 3.8) is 0 Å². The van der Waals surface area contributed by atoms with Crippen molar-refractivity contribution >= 4 is 33.0 Å². The van der Waals surface area contributed by atoms with E-state index in [4.69, 9.17) is 9.47 Å². The van der Waals surface area contributed by atoms with Gasteiger partial charge >= 0.3 is 0 Å². The van der Waals surface area contributed by atoms with Gasteiger partial charge in [-0.2, -0.15) is 0 Å². The van der Waals surface area contributed by atoms with Crippen LogP contribution < -0.4 is 19.1 Å². The van der Waals surface area contributed by atoms with Crippen molar-refractivity contribution in [2.45, 2.75) is 6.92 Å². The Kier molecular flexibility index (Phi) is 6.99. The third kappa shape index (κ3) is 5.82. The number of nitrogens with zero attached hydrogens (tertiary/aromatic N) is 2. The Hall–Kier alpha value is -3.34. The number of nitro groups is 1. The number of benzene rings is 2. The van der Waals surface area contributed by atoms with Crippen LogP contribution in [0.5, 0.6) is 11.5 Å². The summed E-state index contributed by atoms with van der Waals surface area (Å²) in [6, 6.07) is 9.95. The molecule has 0 saturated heterocycles. The number of anilines is 2. The quantitative estimate of drug-likeness (QED) is 0.484. The fourth-order valence-electron chi connectivity index (χ4n) is 2.50. The third-order valence-corrected chi connectivity index (χ3v) is 4.93. The van der Waals surface area contributed by atoms with Crippen LogP contribution in [-0.4, -0.2) is 45.8 Å². The summed E-state index contributed by atoms with van der Waals surface area (Å²) >= 11 is 0. The zero-order valence-corrected chi connectivity index (χ0v) is 16.9. The summed E-state index contributed by atoms with van der Waals surface area (Å²) in [6.07, 6.45) is 0.977. The van der Waals surface area contributed by atoms with Crippen LogP contribution in [0.15, 0.2) is 42.5 Å². The van der Waals surface area contributed by atoms with Gasteiger partial charge in [-0.15, -0.1) is 0 Å². The topological polar surface area (TPSA) is 128 Å². The number of carbonyl (C=O) groups is 1. The number of hydrogen-bond acceptors (Lipinski definition) is 7. The van der Waals surface area contributed by atoms with Crippen LogP contribution in [0, 0.1) is 10.1 Å². The summed E-state index contributed by atoms with van der Waals surface area (Å²) < 4.78 is 35.7. The third-order valence-electron chi connectivity index (χ3n) is 3.79. The molecular formula is C18H21N3O7S. The summed E-state index contributed by atoms with van der Waals surface area (Å²) in [4.78, 5) is 22.8. The van der Waals surface area contributed by atoms with Crippen molar-refractivity contribution < 1.29 is 27.6 Å². The number of sulfonamides is 1. The maximum absolute atomic E-state index is 12.5. The highest BCUT2D eigenvalue weighted by molar-refractivity contribution is 7.92. The minimum Gasteiger partial charge on any atom is -0.495 e. The first-order valence-electron chi connectivity index (χ1n) is 8.48. The molecule has 0 fully saturated rings. The zero-order valence-electron chi connectivity index (χ0n) is 16.1. The molecular weight excluding hydrogens is 402 g/mol. The largest absolute Gasteiger partial charge is 0.495 e. The Morgan fingerprint density at radius 2 is 1.86 bits per heavy atom. The van der Waals surface area contributed by atoms with Crippen LogP contribution in [0.1, 0.15) is 6.92 Å². The summed E-state index contributed by atoms with van der Waals surface area (Å²) in [7, 11) is -2.43. The maximum Gasteiger partial charge on any atom is 0.271 e. The van der Waals surface area contributed by atoms with Crippen LogP contribution in [0.2, 0.25) is 0 Å². The van der Waals surface area contributed by atoms with Crippen molar-refractivity contribution in [1.82, 2.24) is 0 Å². The molecule has 0 bridgehead atoms. The monoisotopic (exact) mass is 423 g/mol. The molecule has 0 spiro atoms. The standard InChI is InChI=1S/C18H21N3O7S/c1-4-28-15-8-5-13(6-9-15)20(29(3,25)26)12-18(22)19-16-11-14(21(23)24)7-10-17(16)27-2/h5-11H,4,12H2,1-3H3,(H,19,22). The summed E-state index contributed by atoms with van der Waals surface area (Å²) in [5, 5.41) is 13.4. The van der Waals surface area contributed by atoms with Gasteiger partial charge in [0.1, 0.15) is 18.0 Å². The summed E-state index contributed by atoms with van der Waals surface area (Å²) in [6.45, 7) is 1.75. The van der Waals surface area contributed by atoms with Crippen molar-refractivity contribution in [2.24, 2.45) is 0 Å². The normalized spacial score (nSPS) is 10.9. The fourth-order valence-corrected chi connectivity index (χ4v) is 3.36. The van der Waals surface area contributed by atoms with Gasteiger partial charge in [-0.3, -0.25) is 19.2 Å². The van der Waals surface area contributed by atoms with Gasteiger partial charge in [-0.25, -0.2) is 8.42 Å². The number of ether oxygens (including phenoxy) is 2. The molecule has 1 N–H and O–H groups in total. The average molecular weight is 423 g/mol. The molecule has 0 aliphatic heterocycles. The van der Waals surface area contributed by atoms with E-state index in [1.165, 1.54) is 31.4 Å². The van der Waals surface area contributed by atoms with E-state index >= 15 is 0 Å². The lowest BCUT2D eigenvalue weighted by molar-refractivity contribution is -0.384. The van der Waals surface area contributed by atoms with E-state index < -0.39 is 27.4 Å². The molecule has 29 heavy (non-hydrogen) atoms. The molecule has 2 aromatic carbocycles. The number of methoxy groups -OCH3 is 1. The number of hydrogen-bond donors (Lipinski definition) is 1. The first-order valence-corrected chi connectivity index (χ1v) is 10.3. The van der Waals surface area contributed by atoms with E-state index in [2.05, 4.69) is 5.32 Å². The van der Waals surface area contributed by atoms with Crippen LogP contribution in [-0.2, 0) is 14.8 Å². The Labute approximate surface area is 168 Å². The molecule has 0 radical (unpaired) electrons. The van der Waals surface area contributed by atoms with E-state index in [9.17, 15) is 23.3 Å². The van der Waals surface area contributed by atoms with Gasteiger partial charge in [-0.1, -0.05) is 0 Å². The van der Waals surface area contributed by atoms with E-state index in [0.29, 0.717) is 12.4 Å². The minimum atomic E-state index is -3.78. The molecule has 1 amide bonds. The summed E-state index contributed by atoms with van der Waals surface area (Å²) in [5.74, 6) is 0.0783. The molecule has 0 aromatic heterocycles. The number of nitrogens with one attached hydrogen (secondary N) is 1. The fraction of sp³-hybridized carbons (Fsp3) is 0.278. The Morgan fingerprint density at radius 1 is 1.21 bits per heavy atom. The number of nitro benzene ring substituents is 1. The highest BCUT2D eigenvalue weighted by Gasteiger charge is 2.22. The number of carbonyl (C=O) groups excluding carboxylic acids is 1. The van der Waals surface area contributed by atoms with Gasteiger partial charge in [-0.05, 0) is 37.3 Å². The predicted molar refractivity (Wildman–Crippen MR) is 108 cm³/mol. The number of non-ortho nitro benzene ring substituents is 1. The van der Waals surface area contributed by atoms with Gasteiger partial charge in [0.15, 0.2) is 0 Å². The van der Waals surface area contributed by atoms with Gasteiger partial charge < -0.3 is 14.8 Å². The smallest absolute Gasteiger partial charge is 0.271 e. The first kappa shape index (κ1) is 22.0. The molecule has 0 unspecified atom stereocenters. The molecule has 10 nitrogen and oxygen atoms in total. The predicted octanol–water partition coefficient (Wildman–Crippen LogP) is 2.41. The lowest BCUT2D eigenvalue weighted by Gasteiger charge is -2.22. The average Bonchev–Trinajstić information content (AvgIpc) is 2.66. The second kappa shape index (κ2) is 9.24. The van der Waals surface area contributed by atoms with Crippen LogP contribution >= 0.6 is 0 Å². The van der Waals surface area contributed by atoms with Gasteiger partial charge in [0.25, 0.3) is 5.69 Å². The second-order valence-electron chi connectivity index (χ2n) is 5.89. The minimum absolute atomic E-state index is 0.0619. The molecule has 0 aliphatic rings. The van der Waals surface area contributed by atoms with Gasteiger partial charge in [0, 0.05) is 12.1 Å². The van der Waals surface area contributed by atoms with E-state index in [-0.39, 0.29) is 22.8 Å². The molecule has 11 heteroatoms. The van der Waals surface area contributed by atoms with Crippen molar-refractivity contribution in [1.29, 1.82) is 0 Å². The molecule has 2 rings (SSSR count). The van der Waals surface area contributed by atoms with Crippen LogP contribution in [0.3, 0.4) is 0 Å². The SMILES string of the molecule is CCOc1ccc(N(CC(=O)Nc2cc([N+](=O)[O-])ccc2OC)S(C)(=O)=O)cc1. The molecule has 0 saturated carbocycles. The van der Waals surface area contributed by atoms with Crippen molar-refractivity contribution in [3.8, 4) is 11.5 Å². The van der Waals surface area contributed by atoms with Crippen molar-refractivity contribution in [3.05, 3.63) is 52.6 Å². The molecule has 0 aliphatic carbocycles. The number of rotatable bonds is 9. The number of amides is 1. The Bertz CT molecular complexity index is 991. The van der Waals surface area contributed by atoms with Crippen LogP contribution in [0.25, 0.3) is 0 Å². The molecule has 0 atom stereocenters. The second-order valence-corrected chi connectivity index (χ2v) is 7.79. The molecule has 2 aromatic rings. The van der Waals surface area contributed by atoms with Crippen molar-refractivity contribution in [2.75, 3.05) is 36.1 Å². The zero-order chi connectivity index (χ0) is 21.6. The highest BCUT2D eigenvalue weighted by Crippen LogP contribution is 2.29. The Morgan fingerprint density at radius 3 is 2.38 bits per heavy atom. The van der Waals surface area contributed by atoms with E-state index in [0.717, 1.165) is 16.6 Å². The van der Waals surface area contributed by atoms with Gasteiger partial charge in [0.05, 0.1) is 36.3 Å². The Balaban J connectivity index is 2.25. The lowest BCUT2D eigenvalue weighted by Crippen LogP contribution is -2.37. The van der Waals surface area contributed by atoms with Gasteiger partial charge in [0.2, 0.25) is 15.9 Å². The molecule has 0 heterocycles. The van der Waals surface area contributed by atoms with E-state index in [1.807, 2.05) is 6.92 Å². The highest BCUT2D eigenvalue weighted by atomic mass is 32.2. The lowest BCUT2D eigenvalue weighted by atomic mass is 10.2.